The number of benzene rings is 2. The Morgan fingerprint density at radius 3 is 1.42 bits per heavy atom. The molecule has 0 saturated carbocycles. The molecule has 4 nitrogen and oxygen atoms in total. The Morgan fingerprint density at radius 1 is 0.667 bits per heavy atom. The van der Waals surface area contributed by atoms with Gasteiger partial charge < -0.3 is 18.9 Å². The van der Waals surface area contributed by atoms with Crippen LogP contribution in [0.25, 0.3) is 11.1 Å². The minimum atomic E-state index is 0.245. The van der Waals surface area contributed by atoms with Crippen molar-refractivity contribution in [3.8, 4) is 34.1 Å². The van der Waals surface area contributed by atoms with Gasteiger partial charge in [0.2, 0.25) is 13.6 Å². The second kappa shape index (κ2) is 10.0. The van der Waals surface area contributed by atoms with E-state index in [0.717, 1.165) is 44.7 Å². The Balaban J connectivity index is 0.000000487. The molecule has 0 radical (unpaired) electrons. The molecule has 2 unspecified atom stereocenters. The van der Waals surface area contributed by atoms with E-state index in [9.17, 15) is 0 Å². The summed E-state index contributed by atoms with van der Waals surface area (Å²) >= 11 is 3.50. The van der Waals surface area contributed by atoms with Gasteiger partial charge in [0, 0.05) is 11.1 Å². The summed E-state index contributed by atoms with van der Waals surface area (Å²) in [5.41, 5.74) is 1.94. The van der Waals surface area contributed by atoms with Gasteiger partial charge in [-0.2, -0.15) is 0 Å². The second-order valence-electron chi connectivity index (χ2n) is 4.53. The molecule has 2 aromatic carbocycles. The average Bonchev–Trinajstić information content (AvgIpc) is 3.28. The molecule has 10 heteroatoms. The van der Waals surface area contributed by atoms with E-state index >= 15 is 0 Å². The van der Waals surface area contributed by atoms with Crippen molar-refractivity contribution in [1.29, 1.82) is 0 Å². The Labute approximate surface area is 177 Å². The Kier molecular flexibility index (Phi) is 8.73. The fourth-order valence-electron chi connectivity index (χ4n) is 2.49. The van der Waals surface area contributed by atoms with Crippen LogP contribution < -0.4 is 29.6 Å². The van der Waals surface area contributed by atoms with Crippen molar-refractivity contribution in [2.45, 2.75) is 0 Å². The molecule has 2 heterocycles. The topological polar surface area (TPSA) is 36.9 Å². The fraction of sp³-hybridized carbons (Fsp3) is 0.143. The first-order chi connectivity index (χ1) is 11.8. The number of halogens is 2. The van der Waals surface area contributed by atoms with E-state index < -0.39 is 0 Å². The molecular weight excluding hydrogens is 759 g/mol. The summed E-state index contributed by atoms with van der Waals surface area (Å²) in [4.78, 5) is 0. The molecule has 2 atom stereocenters. The predicted molar refractivity (Wildman–Crippen MR) is 94.5 cm³/mol. The van der Waals surface area contributed by atoms with Gasteiger partial charge in [-0.3, -0.25) is 0 Å². The number of ether oxygens (including phenoxy) is 4. The first kappa shape index (κ1) is 20.9. The van der Waals surface area contributed by atoms with Crippen molar-refractivity contribution in [2.75, 3.05) is 13.6 Å². The van der Waals surface area contributed by atoms with E-state index in [1.807, 2.05) is 24.3 Å². The zero-order chi connectivity index (χ0) is 17.7. The van der Waals surface area contributed by atoms with Crippen LogP contribution in [0.4, 0.5) is 0 Å². The number of fused-ring (bicyclic) bond motifs is 2. The summed E-state index contributed by atoms with van der Waals surface area (Å²) in [6.07, 6.45) is 0. The Bertz CT molecular complexity index is 673. The summed E-state index contributed by atoms with van der Waals surface area (Å²) in [6.45, 7) is 0.490. The van der Waals surface area contributed by atoms with Gasteiger partial charge in [0.1, 0.15) is 0 Å². The zero-order valence-electron chi connectivity index (χ0n) is 11.9. The van der Waals surface area contributed by atoms with Crippen LogP contribution in [0.3, 0.4) is 0 Å². The number of hydrogen-bond acceptors (Lipinski definition) is 4. The summed E-state index contributed by atoms with van der Waals surface area (Å²) in [5.74, 6) is 3.02. The van der Waals surface area contributed by atoms with Gasteiger partial charge in [0.25, 0.3) is 0 Å². The SMILES string of the molecule is Pc1ccc2c(c1-c1c(P)ccc3c1OCO3)OCO2.[Cl][Au].[Cl][Au]. The van der Waals surface area contributed by atoms with E-state index in [4.69, 9.17) is 18.9 Å². The maximum absolute atomic E-state index is 5.64. The molecule has 0 N–H and O–H groups in total. The van der Waals surface area contributed by atoms with Crippen molar-refractivity contribution in [1.82, 2.24) is 0 Å². The molecule has 24 heavy (non-hydrogen) atoms. The third kappa shape index (κ3) is 4.10. The van der Waals surface area contributed by atoms with Gasteiger partial charge in [-0.15, -0.1) is 18.5 Å². The molecule has 0 bridgehead atoms. The monoisotopic (exact) mass is 770 g/mol. The van der Waals surface area contributed by atoms with Crippen LogP contribution in [0.5, 0.6) is 23.0 Å². The van der Waals surface area contributed by atoms with Crippen LogP contribution >= 0.6 is 36.9 Å². The molecule has 0 amide bonds. The van der Waals surface area contributed by atoms with Crippen LogP contribution in [0, 0.1) is 0 Å². The van der Waals surface area contributed by atoms with Crippen LogP contribution in [0.1, 0.15) is 0 Å². The molecule has 0 aromatic heterocycles. The van der Waals surface area contributed by atoms with E-state index in [0.29, 0.717) is 0 Å². The molecule has 0 fully saturated rings. The van der Waals surface area contributed by atoms with Gasteiger partial charge in [0.15, 0.2) is 23.0 Å². The van der Waals surface area contributed by atoms with Crippen molar-refractivity contribution >= 4 is 47.5 Å². The minimum absolute atomic E-state index is 0.245. The van der Waals surface area contributed by atoms with Crippen LogP contribution in [0.2, 0.25) is 0 Å². The zero-order valence-corrected chi connectivity index (χ0v) is 20.0. The van der Waals surface area contributed by atoms with Gasteiger partial charge in [-0.05, 0) is 22.7 Å². The third-order valence-corrected chi connectivity index (χ3v) is 4.36. The molecule has 138 valence electrons. The molecule has 2 aromatic rings. The van der Waals surface area contributed by atoms with E-state index in [-0.39, 0.29) is 13.6 Å². The summed E-state index contributed by atoms with van der Waals surface area (Å²) in [5, 5.41) is 2.06. The molecule has 0 spiro atoms. The van der Waals surface area contributed by atoms with Gasteiger partial charge in [-0.25, -0.2) is 0 Å². The first-order valence-electron chi connectivity index (χ1n) is 6.35. The number of rotatable bonds is 1. The number of hydrogen-bond donors (Lipinski definition) is 0. The second-order valence-corrected chi connectivity index (χ2v) is 5.77. The Morgan fingerprint density at radius 2 is 1.04 bits per heavy atom. The molecule has 4 rings (SSSR count). The maximum atomic E-state index is 5.64. The van der Waals surface area contributed by atoms with E-state index in [1.165, 1.54) is 0 Å². The quantitative estimate of drug-likeness (QED) is 0.330. The first-order valence-corrected chi connectivity index (χ1v) is 12.9. The standard InChI is InChI=1S/C14H12O4P2.2Au.2ClH/c19-9-3-1-7-13(17-5-15-7)11(9)12-10(20)4-2-8-14(12)18-6-16-8;;;;/h1-4H,5-6,19-20H2;;;2*1H/q;2*+1;;/p-2. The Hall–Kier alpha value is 0.561. The average molecular weight is 771 g/mol. The molecule has 2 aliphatic rings. The van der Waals surface area contributed by atoms with Crippen molar-refractivity contribution < 1.29 is 58.9 Å². The summed E-state index contributed by atoms with van der Waals surface area (Å²) in [7, 11) is 14.6. The molecular formula is C14H12Au2Cl2O4P2. The third-order valence-electron chi connectivity index (χ3n) is 3.39. The van der Waals surface area contributed by atoms with Crippen LogP contribution in [-0.2, 0) is 40.0 Å². The normalized spacial score (nSPS) is 12.8. The van der Waals surface area contributed by atoms with Crippen LogP contribution in [-0.4, -0.2) is 13.6 Å². The van der Waals surface area contributed by atoms with Crippen molar-refractivity contribution in [3.63, 3.8) is 0 Å². The van der Waals surface area contributed by atoms with Crippen molar-refractivity contribution in [2.24, 2.45) is 0 Å². The summed E-state index contributed by atoms with van der Waals surface area (Å²) in [6, 6.07) is 7.81. The molecule has 2 aliphatic heterocycles. The van der Waals surface area contributed by atoms with E-state index in [2.05, 4.69) is 36.9 Å². The van der Waals surface area contributed by atoms with Crippen molar-refractivity contribution in [3.05, 3.63) is 24.3 Å². The van der Waals surface area contributed by atoms with Gasteiger partial charge in [0.05, 0.1) is 0 Å². The molecule has 0 aliphatic carbocycles. The summed E-state index contributed by atoms with van der Waals surface area (Å²) < 4.78 is 22.2. The molecule has 0 saturated heterocycles. The predicted octanol–water partition coefficient (Wildman–Crippen LogP) is 3.19. The van der Waals surface area contributed by atoms with Gasteiger partial charge in [-0.1, -0.05) is 12.1 Å². The van der Waals surface area contributed by atoms with E-state index in [1.54, 1.807) is 40.0 Å². The van der Waals surface area contributed by atoms with Gasteiger partial charge >= 0.3 is 58.4 Å². The fourth-order valence-corrected chi connectivity index (χ4v) is 3.23. The van der Waals surface area contributed by atoms with Crippen LogP contribution in [0.15, 0.2) is 24.3 Å².